The van der Waals surface area contributed by atoms with Gasteiger partial charge in [-0.05, 0) is 29.5 Å². The van der Waals surface area contributed by atoms with E-state index in [2.05, 4.69) is 26.8 Å². The second-order valence-corrected chi connectivity index (χ2v) is 9.54. The number of benzene rings is 2. The largest absolute Gasteiger partial charge is 0.454 e. The number of nitrogens with zero attached hydrogens (tertiary/aromatic N) is 1. The maximum Gasteiger partial charge on any atom is 0.161 e. The van der Waals surface area contributed by atoms with Crippen LogP contribution in [-0.4, -0.2) is 9.46 Å². The van der Waals surface area contributed by atoms with Gasteiger partial charge in [0.1, 0.15) is 11.8 Å². The quantitative estimate of drug-likeness (QED) is 0.676. The Balaban J connectivity index is 2.71. The van der Waals surface area contributed by atoms with E-state index in [0.29, 0.717) is 22.0 Å². The van der Waals surface area contributed by atoms with E-state index in [9.17, 15) is 9.47 Å². The smallest absolute Gasteiger partial charge is 0.161 e. The van der Waals surface area contributed by atoms with Gasteiger partial charge in [0.05, 0.1) is 21.3 Å². The Morgan fingerprint density at radius 1 is 1.15 bits per heavy atom. The molecule has 0 amide bonds. The third-order valence-electron chi connectivity index (χ3n) is 4.23. The maximum atomic E-state index is 13.0. The highest BCUT2D eigenvalue weighted by atomic mass is 32.2. The molecule has 0 heterocycles. The van der Waals surface area contributed by atoms with Crippen molar-refractivity contribution in [3.8, 4) is 17.6 Å². The number of aryl methyl sites for hydroxylation is 1. The van der Waals surface area contributed by atoms with Gasteiger partial charge in [0.15, 0.2) is 5.75 Å². The molecule has 2 rings (SSSR count). The Hall–Kier alpha value is -2.12. The van der Waals surface area contributed by atoms with Gasteiger partial charge < -0.3 is 4.74 Å². The Bertz CT molecular complexity index is 857. The SMILES string of the molecule is CCc1ccc(C#N)c(Oc2ccccc2C(C)(C)C)c1S(=O)C(C)C. The molecule has 26 heavy (non-hydrogen) atoms. The fourth-order valence-electron chi connectivity index (χ4n) is 2.81. The predicted molar refractivity (Wildman–Crippen MR) is 107 cm³/mol. The number of hydrogen-bond acceptors (Lipinski definition) is 3. The lowest BCUT2D eigenvalue weighted by molar-refractivity contribution is 0.443. The van der Waals surface area contributed by atoms with Crippen LogP contribution in [0, 0.1) is 11.3 Å². The minimum absolute atomic E-state index is 0.0607. The van der Waals surface area contributed by atoms with Gasteiger partial charge in [0, 0.05) is 10.8 Å². The highest BCUT2D eigenvalue weighted by Crippen LogP contribution is 2.39. The zero-order valence-corrected chi connectivity index (χ0v) is 17.2. The predicted octanol–water partition coefficient (Wildman–Crippen LogP) is 5.73. The first-order valence-corrected chi connectivity index (χ1v) is 10.2. The van der Waals surface area contributed by atoms with Crippen molar-refractivity contribution in [2.45, 2.75) is 63.5 Å². The molecule has 0 radical (unpaired) electrons. The summed E-state index contributed by atoms with van der Waals surface area (Å²) < 4.78 is 19.3. The Morgan fingerprint density at radius 2 is 1.81 bits per heavy atom. The van der Waals surface area contributed by atoms with E-state index in [1.807, 2.05) is 51.1 Å². The second kappa shape index (κ2) is 8.05. The average molecular weight is 370 g/mol. The molecule has 4 heteroatoms. The van der Waals surface area contributed by atoms with Crippen LogP contribution in [0.5, 0.6) is 11.5 Å². The number of hydrogen-bond donors (Lipinski definition) is 0. The van der Waals surface area contributed by atoms with E-state index in [4.69, 9.17) is 4.74 Å². The molecule has 1 unspecified atom stereocenters. The molecule has 0 aliphatic heterocycles. The van der Waals surface area contributed by atoms with Crippen molar-refractivity contribution in [3.05, 3.63) is 53.1 Å². The highest BCUT2D eigenvalue weighted by molar-refractivity contribution is 7.85. The zero-order chi connectivity index (χ0) is 19.5. The van der Waals surface area contributed by atoms with E-state index in [1.165, 1.54) is 0 Å². The van der Waals surface area contributed by atoms with Crippen molar-refractivity contribution in [1.29, 1.82) is 5.26 Å². The third-order valence-corrected chi connectivity index (χ3v) is 5.94. The van der Waals surface area contributed by atoms with Crippen LogP contribution >= 0.6 is 0 Å². The zero-order valence-electron chi connectivity index (χ0n) is 16.4. The molecule has 0 aliphatic rings. The minimum atomic E-state index is -1.25. The van der Waals surface area contributed by atoms with Gasteiger partial charge in [-0.2, -0.15) is 5.26 Å². The van der Waals surface area contributed by atoms with E-state index >= 15 is 0 Å². The lowest BCUT2D eigenvalue weighted by Gasteiger charge is -2.24. The summed E-state index contributed by atoms with van der Waals surface area (Å²) in [5.41, 5.74) is 2.31. The molecule has 0 fully saturated rings. The first-order chi connectivity index (χ1) is 12.2. The molecule has 0 saturated heterocycles. The molecular weight excluding hydrogens is 342 g/mol. The van der Waals surface area contributed by atoms with Crippen LogP contribution in [0.1, 0.15) is 58.2 Å². The van der Waals surface area contributed by atoms with Crippen LogP contribution in [0.4, 0.5) is 0 Å². The van der Waals surface area contributed by atoms with Crippen LogP contribution in [0.15, 0.2) is 41.3 Å². The van der Waals surface area contributed by atoms with Crippen molar-refractivity contribution in [1.82, 2.24) is 0 Å². The second-order valence-electron chi connectivity index (χ2n) is 7.59. The molecule has 0 aromatic heterocycles. The maximum absolute atomic E-state index is 13.0. The van der Waals surface area contributed by atoms with Crippen LogP contribution < -0.4 is 4.74 Å². The molecule has 1 atom stereocenters. The molecule has 0 bridgehead atoms. The fourth-order valence-corrected chi connectivity index (χ4v) is 4.09. The van der Waals surface area contributed by atoms with Crippen molar-refractivity contribution < 1.29 is 8.95 Å². The molecule has 0 saturated carbocycles. The number of nitriles is 1. The summed E-state index contributed by atoms with van der Waals surface area (Å²) in [4.78, 5) is 0.644. The van der Waals surface area contributed by atoms with Gasteiger partial charge in [-0.1, -0.05) is 65.8 Å². The lowest BCUT2D eigenvalue weighted by Crippen LogP contribution is -2.14. The first kappa shape index (κ1) is 20.2. The van der Waals surface area contributed by atoms with Crippen LogP contribution in [0.25, 0.3) is 0 Å². The standard InChI is InChI=1S/C22H27NO2S/c1-7-16-12-13-17(14-23)20(21(16)26(24)15(2)3)25-19-11-9-8-10-18(19)22(4,5)6/h8-13,15H,7H2,1-6H3. The van der Waals surface area contributed by atoms with Gasteiger partial charge in [0.2, 0.25) is 0 Å². The van der Waals surface area contributed by atoms with E-state index in [0.717, 1.165) is 17.5 Å². The number of ether oxygens (including phenoxy) is 1. The lowest BCUT2D eigenvalue weighted by atomic mass is 9.86. The fraction of sp³-hybridized carbons (Fsp3) is 0.409. The Labute approximate surface area is 159 Å². The van der Waals surface area contributed by atoms with Crippen molar-refractivity contribution >= 4 is 10.8 Å². The summed E-state index contributed by atoms with van der Waals surface area (Å²) in [5, 5.41) is 9.54. The van der Waals surface area contributed by atoms with E-state index in [1.54, 1.807) is 6.07 Å². The highest BCUT2D eigenvalue weighted by Gasteiger charge is 2.25. The van der Waals surface area contributed by atoms with Crippen LogP contribution in [-0.2, 0) is 22.6 Å². The van der Waals surface area contributed by atoms with Crippen LogP contribution in [0.3, 0.4) is 0 Å². The summed E-state index contributed by atoms with van der Waals surface area (Å²) in [7, 11) is -1.25. The van der Waals surface area contributed by atoms with Gasteiger partial charge in [-0.3, -0.25) is 4.21 Å². The molecular formula is C22H27NO2S. The molecule has 2 aromatic rings. The normalized spacial score (nSPS) is 12.7. The minimum Gasteiger partial charge on any atom is -0.454 e. The first-order valence-electron chi connectivity index (χ1n) is 8.94. The molecule has 0 N–H and O–H groups in total. The average Bonchev–Trinajstić information content (AvgIpc) is 2.60. The van der Waals surface area contributed by atoms with Gasteiger partial charge in [-0.15, -0.1) is 0 Å². The topological polar surface area (TPSA) is 50.1 Å². The summed E-state index contributed by atoms with van der Waals surface area (Å²) >= 11 is 0. The molecule has 3 nitrogen and oxygen atoms in total. The number of para-hydroxylation sites is 1. The van der Waals surface area contributed by atoms with Crippen molar-refractivity contribution in [3.63, 3.8) is 0 Å². The Morgan fingerprint density at radius 3 is 2.35 bits per heavy atom. The molecule has 138 valence electrons. The summed E-state index contributed by atoms with van der Waals surface area (Å²) in [6.07, 6.45) is 0.733. The summed E-state index contributed by atoms with van der Waals surface area (Å²) in [6.45, 7) is 12.2. The van der Waals surface area contributed by atoms with Crippen molar-refractivity contribution in [2.24, 2.45) is 0 Å². The monoisotopic (exact) mass is 369 g/mol. The number of rotatable bonds is 5. The van der Waals surface area contributed by atoms with Gasteiger partial charge in [0.25, 0.3) is 0 Å². The molecule has 0 aliphatic carbocycles. The Kier molecular flexibility index (Phi) is 6.26. The third kappa shape index (κ3) is 4.16. The van der Waals surface area contributed by atoms with Gasteiger partial charge in [-0.25, -0.2) is 0 Å². The van der Waals surface area contributed by atoms with Gasteiger partial charge >= 0.3 is 0 Å². The van der Waals surface area contributed by atoms with E-state index in [-0.39, 0.29) is 10.7 Å². The van der Waals surface area contributed by atoms with E-state index < -0.39 is 10.8 Å². The van der Waals surface area contributed by atoms with Crippen LogP contribution in [0.2, 0.25) is 0 Å². The molecule has 0 spiro atoms. The summed E-state index contributed by atoms with van der Waals surface area (Å²) in [5.74, 6) is 1.13. The molecule has 2 aromatic carbocycles. The van der Waals surface area contributed by atoms with Crippen molar-refractivity contribution in [2.75, 3.05) is 0 Å². The summed E-state index contributed by atoms with van der Waals surface area (Å²) in [6, 6.07) is 13.7.